The molecular weight excluding hydrogens is 206 g/mol. The minimum absolute atomic E-state index is 0.0881. The third kappa shape index (κ3) is 4.24. The minimum Gasteiger partial charge on any atom is -0.459 e. The number of methoxy groups -OCH3 is 1. The van der Waals surface area contributed by atoms with Gasteiger partial charge in [0, 0.05) is 14.0 Å². The Balaban J connectivity index is 4.64. The van der Waals surface area contributed by atoms with Gasteiger partial charge < -0.3 is 14.3 Å². The first kappa shape index (κ1) is 13.8. The third-order valence-electron chi connectivity index (χ3n) is 1.70. The van der Waals surface area contributed by atoms with Crippen molar-refractivity contribution >= 4 is 11.7 Å². The molecule has 7 nitrogen and oxygen atoms in total. The molecule has 1 unspecified atom stereocenters. The van der Waals surface area contributed by atoms with Gasteiger partial charge in [-0.2, -0.15) is 4.89 Å². The smallest absolute Gasteiger partial charge is 0.303 e. The van der Waals surface area contributed by atoms with Gasteiger partial charge in [0.1, 0.15) is 13.7 Å². The average molecular weight is 221 g/mol. The maximum Gasteiger partial charge on any atom is 0.303 e. The number of esters is 1. The lowest BCUT2D eigenvalue weighted by Crippen LogP contribution is -2.42. The minimum atomic E-state index is -1.51. The topological polar surface area (TPSA) is 86.6 Å². The highest BCUT2D eigenvalue weighted by molar-refractivity contribution is 5.92. The molecule has 0 spiro atoms. The van der Waals surface area contributed by atoms with Crippen LogP contribution >= 0.6 is 0 Å². The van der Waals surface area contributed by atoms with Crippen molar-refractivity contribution in [3.05, 3.63) is 0 Å². The summed E-state index contributed by atoms with van der Waals surface area (Å²) in [6.45, 7) is 2.44. The second-order valence-corrected chi connectivity index (χ2v) is 2.74. The van der Waals surface area contributed by atoms with Crippen LogP contribution in [0.1, 0.15) is 13.8 Å². The zero-order valence-corrected chi connectivity index (χ0v) is 9.14. The Hall–Kier alpha value is -1.18. The molecule has 88 valence electrons. The molecule has 7 heteroatoms. The Morgan fingerprint density at radius 1 is 1.47 bits per heavy atom. The van der Waals surface area contributed by atoms with Crippen molar-refractivity contribution in [1.82, 2.24) is 0 Å². The second kappa shape index (κ2) is 6.33. The van der Waals surface area contributed by atoms with Gasteiger partial charge in [-0.15, -0.1) is 0 Å². The van der Waals surface area contributed by atoms with E-state index in [4.69, 9.17) is 9.99 Å². The molecular formula is C8H15NO6. The van der Waals surface area contributed by atoms with Crippen molar-refractivity contribution in [2.24, 2.45) is 5.16 Å². The normalized spacial score (nSPS) is 15.7. The van der Waals surface area contributed by atoms with Crippen LogP contribution in [-0.4, -0.2) is 43.6 Å². The molecule has 0 aliphatic rings. The average Bonchev–Trinajstić information content (AvgIpc) is 2.22. The van der Waals surface area contributed by atoms with E-state index in [9.17, 15) is 4.79 Å². The van der Waals surface area contributed by atoms with E-state index in [2.05, 4.69) is 19.6 Å². The third-order valence-corrected chi connectivity index (χ3v) is 1.70. The zero-order valence-electron chi connectivity index (χ0n) is 9.14. The quantitative estimate of drug-likeness (QED) is 0.230. The Bertz CT molecular complexity index is 235. The molecule has 0 aliphatic heterocycles. The highest BCUT2D eigenvalue weighted by Crippen LogP contribution is 2.13. The predicted molar refractivity (Wildman–Crippen MR) is 50.2 cm³/mol. The van der Waals surface area contributed by atoms with Crippen LogP contribution in [0.2, 0.25) is 0 Å². The number of carbonyl (C=O) groups is 1. The van der Waals surface area contributed by atoms with Crippen LogP contribution in [0.4, 0.5) is 0 Å². The monoisotopic (exact) mass is 221 g/mol. The number of ether oxygens (including phenoxy) is 2. The van der Waals surface area contributed by atoms with Crippen molar-refractivity contribution in [2.75, 3.05) is 20.8 Å². The van der Waals surface area contributed by atoms with Crippen molar-refractivity contribution in [2.45, 2.75) is 19.6 Å². The van der Waals surface area contributed by atoms with Gasteiger partial charge >= 0.3 is 5.97 Å². The fourth-order valence-corrected chi connectivity index (χ4v) is 0.728. The summed E-state index contributed by atoms with van der Waals surface area (Å²) in [5, 5.41) is 12.2. The van der Waals surface area contributed by atoms with Gasteiger partial charge in [-0.1, -0.05) is 5.16 Å². The Kier molecular flexibility index (Phi) is 5.83. The van der Waals surface area contributed by atoms with Crippen LogP contribution in [0.3, 0.4) is 0 Å². The molecule has 1 N–H and O–H groups in total. The van der Waals surface area contributed by atoms with E-state index in [0.717, 1.165) is 0 Å². The molecule has 0 radical (unpaired) electrons. The van der Waals surface area contributed by atoms with Crippen LogP contribution in [0, 0.1) is 0 Å². The molecule has 0 aromatic heterocycles. The lowest BCUT2D eigenvalue weighted by atomic mass is 10.2. The Morgan fingerprint density at radius 2 is 2.07 bits per heavy atom. The summed E-state index contributed by atoms with van der Waals surface area (Å²) in [6.07, 6.45) is 0. The molecule has 0 bridgehead atoms. The van der Waals surface area contributed by atoms with E-state index < -0.39 is 11.8 Å². The highest BCUT2D eigenvalue weighted by Gasteiger charge is 2.34. The maximum absolute atomic E-state index is 10.6. The SMILES string of the molecule is CO/N=C(/COC(C)=O)C(C)(OC)OO. The molecule has 0 heterocycles. The van der Waals surface area contributed by atoms with Gasteiger partial charge in [0.05, 0.1) is 0 Å². The van der Waals surface area contributed by atoms with E-state index in [1.54, 1.807) is 0 Å². The summed E-state index contributed by atoms with van der Waals surface area (Å²) in [5.41, 5.74) is 0.0881. The summed E-state index contributed by atoms with van der Waals surface area (Å²) in [4.78, 5) is 19.2. The molecule has 0 amide bonds. The van der Waals surface area contributed by atoms with Crippen LogP contribution in [0.25, 0.3) is 0 Å². The summed E-state index contributed by atoms with van der Waals surface area (Å²) >= 11 is 0. The van der Waals surface area contributed by atoms with Gasteiger partial charge in [-0.25, -0.2) is 5.26 Å². The van der Waals surface area contributed by atoms with E-state index in [1.807, 2.05) is 0 Å². The number of rotatable bonds is 6. The fourth-order valence-electron chi connectivity index (χ4n) is 0.728. The molecule has 0 aliphatic carbocycles. The fraction of sp³-hybridized carbons (Fsp3) is 0.750. The molecule has 0 saturated carbocycles. The number of nitrogens with zero attached hydrogens (tertiary/aromatic N) is 1. The Labute approximate surface area is 87.5 Å². The second-order valence-electron chi connectivity index (χ2n) is 2.74. The molecule has 0 saturated heterocycles. The standard InChI is InChI=1S/C8H15NO6/c1-6(10)14-5-7(9-13-4)8(2,12-3)15-11/h11H,5H2,1-4H3/b9-7-. The molecule has 0 rings (SSSR count). The van der Waals surface area contributed by atoms with E-state index in [0.29, 0.717) is 0 Å². The van der Waals surface area contributed by atoms with Crippen LogP contribution in [-0.2, 0) is 24.0 Å². The van der Waals surface area contributed by atoms with Crippen LogP contribution in [0.5, 0.6) is 0 Å². The van der Waals surface area contributed by atoms with Crippen LogP contribution in [0.15, 0.2) is 5.16 Å². The van der Waals surface area contributed by atoms with Crippen molar-refractivity contribution in [3.8, 4) is 0 Å². The summed E-state index contributed by atoms with van der Waals surface area (Å²) in [6, 6.07) is 0. The van der Waals surface area contributed by atoms with Gasteiger partial charge in [0.2, 0.25) is 5.79 Å². The molecule has 15 heavy (non-hydrogen) atoms. The van der Waals surface area contributed by atoms with Crippen molar-refractivity contribution in [3.63, 3.8) is 0 Å². The van der Waals surface area contributed by atoms with Gasteiger partial charge in [0.15, 0.2) is 5.71 Å². The lowest BCUT2D eigenvalue weighted by Gasteiger charge is -2.24. The number of hydrogen-bond acceptors (Lipinski definition) is 7. The Morgan fingerprint density at radius 3 is 2.40 bits per heavy atom. The molecule has 0 fully saturated rings. The van der Waals surface area contributed by atoms with Gasteiger partial charge in [0.25, 0.3) is 0 Å². The van der Waals surface area contributed by atoms with Crippen LogP contribution < -0.4 is 0 Å². The predicted octanol–water partition coefficient (Wildman–Crippen LogP) is 0.404. The summed E-state index contributed by atoms with van der Waals surface area (Å²) in [5.74, 6) is -2.00. The molecule has 0 aromatic carbocycles. The highest BCUT2D eigenvalue weighted by atomic mass is 17.1. The van der Waals surface area contributed by atoms with Gasteiger partial charge in [-0.05, 0) is 6.92 Å². The first-order valence-electron chi connectivity index (χ1n) is 4.11. The largest absolute Gasteiger partial charge is 0.459 e. The molecule has 1 atom stereocenters. The van der Waals surface area contributed by atoms with Crippen molar-refractivity contribution < 1.29 is 29.3 Å². The van der Waals surface area contributed by atoms with E-state index in [1.165, 1.54) is 28.1 Å². The summed E-state index contributed by atoms with van der Waals surface area (Å²) < 4.78 is 9.55. The summed E-state index contributed by atoms with van der Waals surface area (Å²) in [7, 11) is 2.61. The number of hydrogen-bond donors (Lipinski definition) is 1. The number of oxime groups is 1. The van der Waals surface area contributed by atoms with Gasteiger partial charge in [-0.3, -0.25) is 4.79 Å². The lowest BCUT2D eigenvalue weighted by molar-refractivity contribution is -0.364. The van der Waals surface area contributed by atoms with Crippen molar-refractivity contribution in [1.29, 1.82) is 0 Å². The maximum atomic E-state index is 10.6. The number of carbonyl (C=O) groups excluding carboxylic acids is 1. The molecule has 0 aromatic rings. The zero-order chi connectivity index (χ0) is 11.9. The first-order chi connectivity index (χ1) is 7.00. The van der Waals surface area contributed by atoms with E-state index in [-0.39, 0.29) is 12.3 Å². The first-order valence-corrected chi connectivity index (χ1v) is 4.11. The van der Waals surface area contributed by atoms with E-state index >= 15 is 0 Å².